The Morgan fingerprint density at radius 3 is 2.48 bits per heavy atom. The van der Waals surface area contributed by atoms with Crippen molar-refractivity contribution in [1.29, 1.82) is 0 Å². The highest BCUT2D eigenvalue weighted by molar-refractivity contribution is 6.08. The maximum atomic E-state index is 16.0. The number of halogens is 1. The maximum absolute atomic E-state index is 16.0. The fourth-order valence-corrected chi connectivity index (χ4v) is 11.1. The van der Waals surface area contributed by atoms with Gasteiger partial charge < -0.3 is 20.3 Å². The molecule has 3 aliphatic carbocycles. The predicted molar refractivity (Wildman–Crippen MR) is 231 cm³/mol. The van der Waals surface area contributed by atoms with Gasteiger partial charge in [0, 0.05) is 46.6 Å². The monoisotopic (exact) mass is 784 g/mol. The van der Waals surface area contributed by atoms with E-state index >= 15 is 4.39 Å². The third kappa shape index (κ3) is 7.19. The van der Waals surface area contributed by atoms with Crippen LogP contribution < -0.4 is 15.4 Å². The molecule has 0 radical (unpaired) electrons. The van der Waals surface area contributed by atoms with E-state index in [-0.39, 0.29) is 29.1 Å². The fourth-order valence-electron chi connectivity index (χ4n) is 11.1. The van der Waals surface area contributed by atoms with Gasteiger partial charge in [-0.1, -0.05) is 39.0 Å². The second kappa shape index (κ2) is 16.1. The number of hydrogen-bond acceptors (Lipinski definition) is 5. The Morgan fingerprint density at radius 1 is 1.02 bits per heavy atom. The smallest absolute Gasteiger partial charge is 0.257 e. The van der Waals surface area contributed by atoms with E-state index in [0.717, 1.165) is 112 Å². The number of hydrogen-bond donors (Lipinski definition) is 2. The minimum Gasteiger partial charge on any atom is -0.481 e. The zero-order valence-corrected chi connectivity index (χ0v) is 35.6. The molecule has 2 N–H and O–H groups in total. The van der Waals surface area contributed by atoms with Gasteiger partial charge in [0.15, 0.2) is 0 Å². The first-order chi connectivity index (χ1) is 27.9. The largest absolute Gasteiger partial charge is 0.481 e. The molecular formula is C50H61FN4O3. The Bertz CT molecular complexity index is 2230. The van der Waals surface area contributed by atoms with Crippen molar-refractivity contribution in [1.82, 2.24) is 15.2 Å². The van der Waals surface area contributed by atoms with Crippen molar-refractivity contribution >= 4 is 17.5 Å². The van der Waals surface area contributed by atoms with Gasteiger partial charge in [-0.05, 0) is 173 Å². The van der Waals surface area contributed by atoms with Crippen molar-refractivity contribution in [3.63, 3.8) is 0 Å². The standard InChI is InChI=1S/C50H61FN4O3/c1-8-32-22-24-50(54-47(32)56)25-23-34(29(3)28-50)26-35-16-17-36-27-43(53-49(58-7)45(35)36)38-14-11-15-39(30(38)4)44-31(5)42(21-20-41(44)51)52-48(57)40-19-18-37(9-2)55(6)46(40)33-12-10-13-33/h11,14-15,18-21,27,29,32,34-35H,8-10,12-13,16-17,22-26,28H2,1-7H3,(H,52,57)(H,54,56)/t29?,32?,34?,35-,50+/m1/s1. The van der Waals surface area contributed by atoms with Gasteiger partial charge in [0.1, 0.15) is 5.82 Å². The summed E-state index contributed by atoms with van der Waals surface area (Å²) in [5.74, 6) is 2.12. The van der Waals surface area contributed by atoms with Gasteiger partial charge in [-0.2, -0.15) is 0 Å². The van der Waals surface area contributed by atoms with Crippen LogP contribution in [0.3, 0.4) is 0 Å². The van der Waals surface area contributed by atoms with Crippen LogP contribution in [0.5, 0.6) is 5.88 Å². The van der Waals surface area contributed by atoms with Gasteiger partial charge in [-0.25, -0.2) is 9.37 Å². The van der Waals surface area contributed by atoms with Gasteiger partial charge in [0.25, 0.3) is 5.91 Å². The van der Waals surface area contributed by atoms with Gasteiger partial charge in [-0.3, -0.25) is 9.59 Å². The zero-order chi connectivity index (χ0) is 40.9. The van der Waals surface area contributed by atoms with Gasteiger partial charge >= 0.3 is 0 Å². The van der Waals surface area contributed by atoms with Crippen molar-refractivity contribution in [2.24, 2.45) is 17.8 Å². The number of likely N-dealkylation sites (N-methyl/N-ethyl adjacent to an activating group) is 1. The minimum atomic E-state index is -0.332. The molecule has 2 aromatic carbocycles. The highest BCUT2D eigenvalue weighted by atomic mass is 19.1. The molecule has 3 heterocycles. The van der Waals surface area contributed by atoms with Crippen LogP contribution in [0, 0.1) is 37.4 Å². The van der Waals surface area contributed by atoms with Crippen molar-refractivity contribution < 1.29 is 18.7 Å². The lowest BCUT2D eigenvalue weighted by molar-refractivity contribution is -0.131. The minimum absolute atomic E-state index is 0.0264. The SMILES string of the molecule is CCC1=CC=C(C(=O)Nc2ccc(F)c(-c3cccc(-c4cc5c(c(OC)n4)[C@@H](CC4CC[C@@]6(CCC(CC)C(=O)N6)CC4C)CC5)c3C)c2C)C(=C2CCC2)N1C. The van der Waals surface area contributed by atoms with Crippen LogP contribution >= 0.6 is 0 Å². The molecule has 1 saturated heterocycles. The lowest BCUT2D eigenvalue weighted by Crippen LogP contribution is -2.57. The number of aromatic nitrogens is 1. The number of nitrogens with zero attached hydrogens (tertiary/aromatic N) is 2. The average molecular weight is 785 g/mol. The number of pyridine rings is 1. The summed E-state index contributed by atoms with van der Waals surface area (Å²) in [7, 11) is 3.77. The number of allylic oxidation sites excluding steroid dienone is 4. The molecule has 2 aliphatic heterocycles. The molecular weight excluding hydrogens is 724 g/mol. The van der Waals surface area contributed by atoms with E-state index in [4.69, 9.17) is 9.72 Å². The van der Waals surface area contributed by atoms with Crippen LogP contribution in [0.4, 0.5) is 10.1 Å². The first-order valence-corrected chi connectivity index (χ1v) is 21.9. The summed E-state index contributed by atoms with van der Waals surface area (Å²) in [6.07, 6.45) is 17.5. The third-order valence-electron chi connectivity index (χ3n) is 14.7. The van der Waals surface area contributed by atoms with Crippen LogP contribution in [0.1, 0.15) is 126 Å². The molecule has 2 amide bonds. The number of amides is 2. The third-order valence-corrected chi connectivity index (χ3v) is 14.7. The second-order valence-electron chi connectivity index (χ2n) is 17.9. The summed E-state index contributed by atoms with van der Waals surface area (Å²) >= 11 is 0. The number of aryl methyl sites for hydroxylation is 1. The topological polar surface area (TPSA) is 83.6 Å². The number of benzene rings is 2. The number of fused-ring (bicyclic) bond motifs is 1. The van der Waals surface area contributed by atoms with Crippen molar-refractivity contribution in [2.75, 3.05) is 19.5 Å². The van der Waals surface area contributed by atoms with Crippen LogP contribution in [-0.4, -0.2) is 41.4 Å². The Labute approximate surface area is 344 Å². The summed E-state index contributed by atoms with van der Waals surface area (Å²) in [5, 5.41) is 6.64. The van der Waals surface area contributed by atoms with Crippen LogP contribution in [0.15, 0.2) is 71.1 Å². The number of piperidine rings is 1. The van der Waals surface area contributed by atoms with Gasteiger partial charge in [0.05, 0.1) is 24.1 Å². The number of ether oxygens (including phenoxy) is 1. The molecule has 8 heteroatoms. The van der Waals surface area contributed by atoms with E-state index in [1.54, 1.807) is 13.2 Å². The summed E-state index contributed by atoms with van der Waals surface area (Å²) in [4.78, 5) is 34.1. The number of anilines is 1. The van der Waals surface area contributed by atoms with E-state index in [0.29, 0.717) is 46.0 Å². The van der Waals surface area contributed by atoms with Crippen LogP contribution in [0.25, 0.3) is 22.4 Å². The van der Waals surface area contributed by atoms with Crippen molar-refractivity contribution in [2.45, 2.75) is 130 Å². The number of methoxy groups -OCH3 is 1. The molecule has 8 rings (SSSR count). The van der Waals surface area contributed by atoms with E-state index in [9.17, 15) is 9.59 Å². The highest BCUT2D eigenvalue weighted by Gasteiger charge is 2.45. The lowest BCUT2D eigenvalue weighted by Gasteiger charge is -2.48. The normalized spacial score (nSPS) is 25.5. The number of rotatable bonds is 9. The molecule has 5 aliphatic rings. The number of carbonyl (C=O) groups excluding carboxylic acids is 2. The quantitative estimate of drug-likeness (QED) is 0.226. The number of carbonyl (C=O) groups is 2. The Kier molecular flexibility index (Phi) is 11.2. The second-order valence-corrected chi connectivity index (χ2v) is 17.9. The zero-order valence-electron chi connectivity index (χ0n) is 35.6. The van der Waals surface area contributed by atoms with Crippen LogP contribution in [-0.2, 0) is 16.0 Å². The van der Waals surface area contributed by atoms with E-state index in [1.807, 2.05) is 45.2 Å². The molecule has 1 spiro atoms. The summed E-state index contributed by atoms with van der Waals surface area (Å²) in [6.45, 7) is 10.6. The first-order valence-electron chi connectivity index (χ1n) is 21.9. The van der Waals surface area contributed by atoms with E-state index in [1.165, 1.54) is 28.5 Å². The predicted octanol–water partition coefficient (Wildman–Crippen LogP) is 11.3. The Balaban J connectivity index is 1.03. The molecule has 1 aromatic heterocycles. The summed E-state index contributed by atoms with van der Waals surface area (Å²) in [6, 6.07) is 11.4. The average Bonchev–Trinajstić information content (AvgIpc) is 3.60. The molecule has 306 valence electrons. The molecule has 7 nitrogen and oxygen atoms in total. The van der Waals surface area contributed by atoms with Gasteiger partial charge in [-0.15, -0.1) is 0 Å². The molecule has 2 saturated carbocycles. The van der Waals surface area contributed by atoms with E-state index < -0.39 is 0 Å². The molecule has 3 fully saturated rings. The Hall–Kier alpha value is -4.72. The van der Waals surface area contributed by atoms with E-state index in [2.05, 4.69) is 48.4 Å². The molecule has 3 unspecified atom stereocenters. The fraction of sp³-hybridized carbons (Fsp3) is 0.500. The molecule has 5 atom stereocenters. The first kappa shape index (κ1) is 40.1. The highest BCUT2D eigenvalue weighted by Crippen LogP contribution is 2.50. The van der Waals surface area contributed by atoms with Crippen molar-refractivity contribution in [3.8, 4) is 28.3 Å². The molecule has 58 heavy (non-hydrogen) atoms. The summed E-state index contributed by atoms with van der Waals surface area (Å²) < 4.78 is 22.1. The Morgan fingerprint density at radius 2 is 1.79 bits per heavy atom. The van der Waals surface area contributed by atoms with Gasteiger partial charge in [0.2, 0.25) is 11.8 Å². The van der Waals surface area contributed by atoms with Crippen molar-refractivity contribution in [3.05, 3.63) is 99.2 Å². The number of nitrogens with one attached hydrogen (secondary N) is 2. The molecule has 0 bridgehead atoms. The van der Waals surface area contributed by atoms with Crippen LogP contribution in [0.2, 0.25) is 0 Å². The lowest BCUT2D eigenvalue weighted by atomic mass is 9.64. The maximum Gasteiger partial charge on any atom is 0.257 e. The summed E-state index contributed by atoms with van der Waals surface area (Å²) in [5.41, 5.74) is 11.9. The molecule has 3 aromatic rings.